The summed E-state index contributed by atoms with van der Waals surface area (Å²) >= 11 is 0. The van der Waals surface area contributed by atoms with Crippen molar-refractivity contribution in [3.8, 4) is 0 Å². The molecule has 14 heavy (non-hydrogen) atoms. The molecule has 1 fully saturated rings. The summed E-state index contributed by atoms with van der Waals surface area (Å²) in [6.07, 6.45) is 3.30. The summed E-state index contributed by atoms with van der Waals surface area (Å²) in [5.41, 5.74) is 0. The lowest BCUT2D eigenvalue weighted by atomic mass is 10.5. The Hall–Kier alpha value is 0.314. The first-order valence-corrected chi connectivity index (χ1v) is 10.6. The molecule has 0 aromatic rings. The van der Waals surface area contributed by atoms with Gasteiger partial charge < -0.3 is 13.3 Å². The van der Waals surface area contributed by atoms with Crippen LogP contribution in [0.15, 0.2) is 0 Å². The zero-order chi connectivity index (χ0) is 10.3. The van der Waals surface area contributed by atoms with Gasteiger partial charge in [-0.1, -0.05) is 13.8 Å². The fourth-order valence-corrected chi connectivity index (χ4v) is 8.68. The van der Waals surface area contributed by atoms with Gasteiger partial charge in [0.05, 0.1) is 0 Å². The van der Waals surface area contributed by atoms with Gasteiger partial charge in [0.25, 0.3) is 0 Å². The third-order valence-electron chi connectivity index (χ3n) is 2.31. The van der Waals surface area contributed by atoms with E-state index in [-0.39, 0.29) is 0 Å². The van der Waals surface area contributed by atoms with Crippen molar-refractivity contribution in [2.24, 2.45) is 0 Å². The van der Waals surface area contributed by atoms with Gasteiger partial charge in [0.15, 0.2) is 0 Å². The van der Waals surface area contributed by atoms with Gasteiger partial charge in [-0.2, -0.15) is 0 Å². The van der Waals surface area contributed by atoms with E-state index in [0.717, 1.165) is 39.1 Å². The lowest BCUT2D eigenvalue weighted by molar-refractivity contribution is 0.167. The van der Waals surface area contributed by atoms with Crippen LogP contribution in [0.2, 0.25) is 6.04 Å². The molecule has 0 N–H and O–H groups in total. The highest BCUT2D eigenvalue weighted by Crippen LogP contribution is 2.20. The van der Waals surface area contributed by atoms with E-state index in [0.29, 0.717) is 0 Å². The first-order valence-electron chi connectivity index (χ1n) is 5.68. The Balaban J connectivity index is 2.39. The average molecular weight is 234 g/mol. The van der Waals surface area contributed by atoms with E-state index in [4.69, 9.17) is 13.3 Å². The maximum absolute atomic E-state index is 5.98. The van der Waals surface area contributed by atoms with Gasteiger partial charge >= 0.3 is 8.08 Å². The minimum atomic E-state index is -1.81. The Morgan fingerprint density at radius 3 is 2.29 bits per heavy atom. The summed E-state index contributed by atoms with van der Waals surface area (Å²) in [6.45, 7) is 6.94. The van der Waals surface area contributed by atoms with E-state index < -0.39 is 17.4 Å². The Morgan fingerprint density at radius 2 is 1.86 bits per heavy atom. The maximum Gasteiger partial charge on any atom is 0.341 e. The molecule has 0 atom stereocenters. The highest BCUT2D eigenvalue weighted by Gasteiger charge is 2.40. The fraction of sp³-hybridized carbons (Fsp3) is 1.00. The quantitative estimate of drug-likeness (QED) is 0.648. The van der Waals surface area contributed by atoms with Gasteiger partial charge in [0, 0.05) is 19.8 Å². The predicted molar refractivity (Wildman–Crippen MR) is 62.2 cm³/mol. The molecular weight excluding hydrogens is 212 g/mol. The van der Waals surface area contributed by atoms with Crippen molar-refractivity contribution in [1.82, 2.24) is 0 Å². The van der Waals surface area contributed by atoms with Crippen LogP contribution in [0.4, 0.5) is 0 Å². The largest absolute Gasteiger partial charge is 0.421 e. The average Bonchev–Trinajstić information content (AvgIpc) is 2.25. The molecule has 3 nitrogen and oxygen atoms in total. The Morgan fingerprint density at radius 1 is 1.21 bits per heavy atom. The molecule has 0 amide bonds. The lowest BCUT2D eigenvalue weighted by Crippen LogP contribution is -2.53. The summed E-state index contributed by atoms with van der Waals surface area (Å²) in [4.78, 5) is 0. The van der Waals surface area contributed by atoms with Crippen LogP contribution in [0.3, 0.4) is 0 Å². The molecule has 1 saturated heterocycles. The monoisotopic (exact) mass is 234 g/mol. The van der Waals surface area contributed by atoms with E-state index in [1.54, 1.807) is 0 Å². The first-order chi connectivity index (χ1) is 6.83. The van der Waals surface area contributed by atoms with Gasteiger partial charge in [-0.25, -0.2) is 0 Å². The summed E-state index contributed by atoms with van der Waals surface area (Å²) in [7, 11) is -2.34. The Labute approximate surface area is 90.1 Å². The second-order valence-electron chi connectivity index (χ2n) is 3.76. The summed E-state index contributed by atoms with van der Waals surface area (Å²) < 4.78 is 17.6. The molecule has 0 saturated carbocycles. The molecule has 0 aromatic heterocycles. The molecule has 0 aliphatic carbocycles. The molecular formula is C9H22O3Si2. The molecule has 84 valence electrons. The summed E-state index contributed by atoms with van der Waals surface area (Å²) in [6, 6.07) is 1.17. The minimum absolute atomic E-state index is 0.531. The molecule has 1 heterocycles. The van der Waals surface area contributed by atoms with E-state index in [2.05, 4.69) is 13.8 Å². The molecule has 0 radical (unpaired) electrons. The SMILES string of the molecule is CCCO[Si]1(OCCC)CCCO[SiH2]1. The number of hydrogen-bond donors (Lipinski definition) is 0. The molecule has 5 heteroatoms. The van der Waals surface area contributed by atoms with Crippen LogP contribution in [-0.4, -0.2) is 37.2 Å². The molecule has 1 rings (SSSR count). The molecule has 0 spiro atoms. The third kappa shape index (κ3) is 3.82. The van der Waals surface area contributed by atoms with Crippen LogP contribution < -0.4 is 0 Å². The van der Waals surface area contributed by atoms with Gasteiger partial charge in [-0.3, -0.25) is 0 Å². The van der Waals surface area contributed by atoms with Crippen molar-refractivity contribution in [3.63, 3.8) is 0 Å². The zero-order valence-corrected chi connectivity index (χ0v) is 11.8. The smallest absolute Gasteiger partial charge is 0.341 e. The standard InChI is InChI=1S/C9H22O3Si2/c1-3-6-11-14(12-7-4-2)9-5-8-10-13-14/h3-9,13H2,1-2H3. The normalized spacial score (nSPS) is 22.7. The van der Waals surface area contributed by atoms with Gasteiger partial charge in [0.1, 0.15) is 0 Å². The molecule has 1 aliphatic rings. The van der Waals surface area contributed by atoms with Gasteiger partial charge in [-0.05, 0) is 25.3 Å². The fourth-order valence-electron chi connectivity index (χ4n) is 1.59. The molecule has 0 unspecified atom stereocenters. The van der Waals surface area contributed by atoms with Crippen LogP contribution in [-0.2, 0) is 13.3 Å². The van der Waals surface area contributed by atoms with E-state index >= 15 is 0 Å². The number of hydrogen-bond acceptors (Lipinski definition) is 3. The van der Waals surface area contributed by atoms with Crippen LogP contribution in [0.25, 0.3) is 0 Å². The second kappa shape index (κ2) is 6.73. The molecule has 0 bridgehead atoms. The van der Waals surface area contributed by atoms with Crippen molar-refractivity contribution in [2.75, 3.05) is 19.8 Å². The van der Waals surface area contributed by atoms with Crippen LogP contribution in [0.5, 0.6) is 0 Å². The predicted octanol–water partition coefficient (Wildman–Crippen LogP) is 1.28. The van der Waals surface area contributed by atoms with E-state index in [1.165, 1.54) is 6.04 Å². The molecule has 1 aliphatic heterocycles. The van der Waals surface area contributed by atoms with E-state index in [1.807, 2.05) is 0 Å². The minimum Gasteiger partial charge on any atom is -0.421 e. The molecule has 0 aromatic carbocycles. The first kappa shape index (κ1) is 12.4. The summed E-state index contributed by atoms with van der Waals surface area (Å²) in [5.74, 6) is 0. The van der Waals surface area contributed by atoms with Crippen molar-refractivity contribution >= 4 is 17.4 Å². The lowest BCUT2D eigenvalue weighted by Gasteiger charge is -2.33. The topological polar surface area (TPSA) is 27.7 Å². The van der Waals surface area contributed by atoms with Crippen LogP contribution in [0, 0.1) is 0 Å². The third-order valence-corrected chi connectivity index (χ3v) is 10.0. The van der Waals surface area contributed by atoms with E-state index in [9.17, 15) is 0 Å². The van der Waals surface area contributed by atoms with Crippen molar-refractivity contribution < 1.29 is 13.3 Å². The van der Waals surface area contributed by atoms with Crippen molar-refractivity contribution in [2.45, 2.75) is 39.2 Å². The van der Waals surface area contributed by atoms with Crippen LogP contribution >= 0.6 is 0 Å². The van der Waals surface area contributed by atoms with Crippen molar-refractivity contribution in [1.29, 1.82) is 0 Å². The zero-order valence-electron chi connectivity index (χ0n) is 9.38. The van der Waals surface area contributed by atoms with Crippen molar-refractivity contribution in [3.05, 3.63) is 0 Å². The second-order valence-corrected chi connectivity index (χ2v) is 11.5. The maximum atomic E-state index is 5.98. The van der Waals surface area contributed by atoms with Crippen LogP contribution in [0.1, 0.15) is 33.1 Å². The van der Waals surface area contributed by atoms with Gasteiger partial charge in [0.2, 0.25) is 9.28 Å². The summed E-state index contributed by atoms with van der Waals surface area (Å²) in [5, 5.41) is 0. The Bertz CT molecular complexity index is 139. The number of rotatable bonds is 6. The van der Waals surface area contributed by atoms with Gasteiger partial charge in [-0.15, -0.1) is 0 Å². The highest BCUT2D eigenvalue weighted by atomic mass is 29.2. The highest BCUT2D eigenvalue weighted by molar-refractivity contribution is 7.15. The Kier molecular flexibility index (Phi) is 5.96.